The van der Waals surface area contributed by atoms with Crippen LogP contribution in [0.5, 0.6) is 0 Å². The molecule has 1 N–H and O–H groups in total. The maximum absolute atomic E-state index is 7.35. The molecular weight excluding hydrogens is 487 g/mol. The molecule has 0 unspecified atom stereocenters. The second-order valence-electron chi connectivity index (χ2n) is 5.47. The number of anilines is 1. The molecule has 1 aromatic carbocycles. The molecule has 0 spiro atoms. The Bertz CT molecular complexity index is 551. The minimum atomic E-state index is 0. The van der Waals surface area contributed by atoms with Crippen LogP contribution in [0.25, 0.3) is 5.73 Å². The van der Waals surface area contributed by atoms with Gasteiger partial charge in [-0.25, -0.2) is 0 Å². The van der Waals surface area contributed by atoms with Crippen molar-refractivity contribution >= 4 is 5.69 Å². The van der Waals surface area contributed by atoms with Crippen molar-refractivity contribution in [3.8, 4) is 0 Å². The van der Waals surface area contributed by atoms with Crippen LogP contribution in [0.4, 0.5) is 5.69 Å². The molecule has 2 aromatic rings. The molecule has 1 aromatic heterocycles. The Hall–Kier alpha value is -0.468. The summed E-state index contributed by atoms with van der Waals surface area (Å²) in [6, 6.07) is 12.6. The van der Waals surface area contributed by atoms with Crippen molar-refractivity contribution in [3.63, 3.8) is 0 Å². The normalized spacial score (nSPS) is 15.4. The van der Waals surface area contributed by atoms with Gasteiger partial charge in [-0.05, 0) is 17.7 Å². The molecule has 4 nitrogen and oxygen atoms in total. The molecule has 1 radical (unpaired) electrons. The molecule has 2 heterocycles. The molecule has 22 heavy (non-hydrogen) atoms. The van der Waals surface area contributed by atoms with E-state index in [0.29, 0.717) is 6.54 Å². The number of rotatable bonds is 4. The Kier molecular flexibility index (Phi) is 7.30. The smallest absolute Gasteiger partial charge is 0.0553 e. The summed E-state index contributed by atoms with van der Waals surface area (Å²) < 4.78 is 0. The summed E-state index contributed by atoms with van der Waals surface area (Å²) in [7, 11) is 0. The van der Waals surface area contributed by atoms with E-state index in [9.17, 15) is 0 Å². The van der Waals surface area contributed by atoms with E-state index in [1.54, 1.807) is 0 Å². The fourth-order valence-corrected chi connectivity index (χ4v) is 2.73. The molecule has 1 saturated heterocycles. The first kappa shape index (κ1) is 17.9. The van der Waals surface area contributed by atoms with Gasteiger partial charge < -0.3 is 10.6 Å². The van der Waals surface area contributed by atoms with E-state index < -0.39 is 0 Å². The van der Waals surface area contributed by atoms with Crippen molar-refractivity contribution in [2.75, 3.05) is 31.1 Å². The van der Waals surface area contributed by atoms with E-state index >= 15 is 0 Å². The van der Waals surface area contributed by atoms with Crippen molar-refractivity contribution < 1.29 is 44.1 Å². The number of hydrogen-bond donors (Lipinski definition) is 0. The molecule has 1 aliphatic heterocycles. The van der Waals surface area contributed by atoms with Gasteiger partial charge in [0.05, 0.1) is 11.9 Å². The summed E-state index contributed by atoms with van der Waals surface area (Å²) in [5, 5.41) is 0. The zero-order valence-electron chi connectivity index (χ0n) is 12.8. The summed E-state index contributed by atoms with van der Waals surface area (Å²) in [4.78, 5) is 9.08. The van der Waals surface area contributed by atoms with E-state index in [2.05, 4.69) is 45.1 Å². The molecule has 113 valence electrons. The third kappa shape index (κ3) is 4.76. The Labute approximate surface area is 168 Å². The molecule has 1 fully saturated rings. The fraction of sp³-hybridized carbons (Fsp3) is 0.353. The summed E-state index contributed by atoms with van der Waals surface area (Å²) in [6.45, 7) is 5.63. The third-order valence-corrected chi connectivity index (χ3v) is 4.02. The molecule has 0 amide bonds. The molecule has 0 atom stereocenters. The van der Waals surface area contributed by atoms with Gasteiger partial charge in [0.2, 0.25) is 0 Å². The standard InChI is InChI=1S/C17H21N4.Ac/c18-12-15-3-5-16(6-4-15)14-20-8-10-21(11-9-20)17-2-1-7-19-13-17;/h1-7,13,18H,8-12,14H2;/q-1;. The summed E-state index contributed by atoms with van der Waals surface area (Å²) in [5.41, 5.74) is 11.0. The van der Waals surface area contributed by atoms with Crippen LogP contribution in [-0.4, -0.2) is 36.1 Å². The molecule has 5 heteroatoms. The number of nitrogens with one attached hydrogen (secondary N) is 1. The number of nitrogens with zero attached hydrogens (tertiary/aromatic N) is 3. The van der Waals surface area contributed by atoms with Crippen molar-refractivity contribution in [2.45, 2.75) is 13.1 Å². The summed E-state index contributed by atoms with van der Waals surface area (Å²) in [5.74, 6) is 0. The van der Waals surface area contributed by atoms with Crippen LogP contribution in [0.3, 0.4) is 0 Å². The average Bonchev–Trinajstić information content (AvgIpc) is 2.57. The predicted molar refractivity (Wildman–Crippen MR) is 86.2 cm³/mol. The van der Waals surface area contributed by atoms with E-state index in [1.807, 2.05) is 18.5 Å². The van der Waals surface area contributed by atoms with Crippen LogP contribution < -0.4 is 4.90 Å². The molecule has 1 aliphatic rings. The van der Waals surface area contributed by atoms with Gasteiger partial charge in [0.25, 0.3) is 0 Å². The number of hydrogen-bond acceptors (Lipinski definition) is 3. The second-order valence-corrected chi connectivity index (χ2v) is 5.47. The van der Waals surface area contributed by atoms with E-state index in [-0.39, 0.29) is 44.1 Å². The second kappa shape index (κ2) is 8.98. The maximum Gasteiger partial charge on any atom is 0.0553 e. The van der Waals surface area contributed by atoms with Crippen LogP contribution in [0.15, 0.2) is 48.8 Å². The van der Waals surface area contributed by atoms with Gasteiger partial charge in [-0.15, -0.1) is 6.54 Å². The Balaban J connectivity index is 0.00000176. The molecule has 3 rings (SSSR count). The van der Waals surface area contributed by atoms with Crippen LogP contribution >= 0.6 is 0 Å². The van der Waals surface area contributed by atoms with Gasteiger partial charge >= 0.3 is 0 Å². The van der Waals surface area contributed by atoms with Crippen LogP contribution in [0.2, 0.25) is 0 Å². The topological polar surface area (TPSA) is 43.2 Å². The fourth-order valence-electron chi connectivity index (χ4n) is 2.73. The first-order valence-corrected chi connectivity index (χ1v) is 7.45. The average molecular weight is 508 g/mol. The minimum absolute atomic E-state index is 0. The number of pyridine rings is 1. The van der Waals surface area contributed by atoms with Gasteiger partial charge in [-0.2, -0.15) is 0 Å². The van der Waals surface area contributed by atoms with Gasteiger partial charge in [-0.1, -0.05) is 29.8 Å². The van der Waals surface area contributed by atoms with Crippen LogP contribution in [-0.2, 0) is 13.1 Å². The van der Waals surface area contributed by atoms with Crippen LogP contribution in [0, 0.1) is 44.1 Å². The number of benzene rings is 1. The number of piperazine rings is 1. The quantitative estimate of drug-likeness (QED) is 0.638. The molecule has 0 bridgehead atoms. The zero-order valence-corrected chi connectivity index (χ0v) is 17.5. The van der Waals surface area contributed by atoms with E-state index in [1.165, 1.54) is 11.3 Å². The van der Waals surface area contributed by atoms with Gasteiger partial charge in [0.15, 0.2) is 0 Å². The SMILES string of the molecule is [Ac].[NH-]Cc1ccc(CN2CCN(c3cccnc3)CC2)cc1. The summed E-state index contributed by atoms with van der Waals surface area (Å²) in [6.07, 6.45) is 3.76. The summed E-state index contributed by atoms with van der Waals surface area (Å²) >= 11 is 0. The first-order valence-electron chi connectivity index (χ1n) is 7.45. The third-order valence-electron chi connectivity index (χ3n) is 4.02. The van der Waals surface area contributed by atoms with Crippen molar-refractivity contribution in [3.05, 3.63) is 65.7 Å². The molecule has 0 aliphatic carbocycles. The first-order chi connectivity index (χ1) is 10.3. The number of aromatic nitrogens is 1. The minimum Gasteiger partial charge on any atom is -0.674 e. The van der Waals surface area contributed by atoms with E-state index in [0.717, 1.165) is 38.3 Å². The largest absolute Gasteiger partial charge is 0.674 e. The van der Waals surface area contributed by atoms with Crippen molar-refractivity contribution in [2.24, 2.45) is 0 Å². The molecule has 0 saturated carbocycles. The van der Waals surface area contributed by atoms with Crippen molar-refractivity contribution in [1.82, 2.24) is 9.88 Å². The Morgan fingerprint density at radius 1 is 0.955 bits per heavy atom. The van der Waals surface area contributed by atoms with Gasteiger partial charge in [-0.3, -0.25) is 9.88 Å². The van der Waals surface area contributed by atoms with Crippen molar-refractivity contribution in [1.29, 1.82) is 0 Å². The zero-order chi connectivity index (χ0) is 14.5. The van der Waals surface area contributed by atoms with Gasteiger partial charge in [0, 0.05) is 83.0 Å². The Morgan fingerprint density at radius 2 is 1.64 bits per heavy atom. The monoisotopic (exact) mass is 508 g/mol. The molecular formula is C17H21AcN4-. The Morgan fingerprint density at radius 3 is 2.23 bits per heavy atom. The predicted octanol–water partition coefficient (Wildman–Crippen LogP) is 2.96. The maximum atomic E-state index is 7.35. The van der Waals surface area contributed by atoms with Gasteiger partial charge in [0.1, 0.15) is 0 Å². The van der Waals surface area contributed by atoms with E-state index in [4.69, 9.17) is 5.73 Å². The van der Waals surface area contributed by atoms with Crippen LogP contribution in [0.1, 0.15) is 11.1 Å².